The van der Waals surface area contributed by atoms with Crippen molar-refractivity contribution in [1.29, 1.82) is 5.26 Å². The molecule has 0 bridgehead atoms. The number of aryl methyl sites for hydroxylation is 1. The highest BCUT2D eigenvalue weighted by Crippen LogP contribution is 2.40. The molecule has 46 heavy (non-hydrogen) atoms. The summed E-state index contributed by atoms with van der Waals surface area (Å²) in [6.45, 7) is 4.94. The first-order chi connectivity index (χ1) is 21.9. The van der Waals surface area contributed by atoms with Crippen molar-refractivity contribution in [3.63, 3.8) is 0 Å². The maximum atomic E-state index is 13.8. The number of benzene rings is 2. The lowest BCUT2D eigenvalue weighted by Crippen LogP contribution is -2.56. The van der Waals surface area contributed by atoms with Crippen LogP contribution in [0.3, 0.4) is 0 Å². The van der Waals surface area contributed by atoms with E-state index in [4.69, 9.17) is 35.3 Å². The molecule has 14 heteroatoms. The van der Waals surface area contributed by atoms with Gasteiger partial charge in [-0.25, -0.2) is 4.98 Å². The molecular formula is C32H30ClN3O9S. The number of halogens is 1. The third-order valence-electron chi connectivity index (χ3n) is 6.70. The molecular weight excluding hydrogens is 638 g/mol. The highest BCUT2D eigenvalue weighted by Gasteiger charge is 2.47. The molecule has 0 unspecified atom stereocenters. The number of methoxy groups -OCH3 is 1. The van der Waals surface area contributed by atoms with Crippen LogP contribution in [0.1, 0.15) is 42.4 Å². The van der Waals surface area contributed by atoms with Gasteiger partial charge in [-0.3, -0.25) is 19.2 Å². The van der Waals surface area contributed by atoms with E-state index in [1.54, 1.807) is 55.5 Å². The quantitative estimate of drug-likeness (QED) is 0.238. The minimum absolute atomic E-state index is 0.0401. The number of nitriles is 1. The second kappa shape index (κ2) is 15.1. The van der Waals surface area contributed by atoms with Crippen LogP contribution in [0.5, 0.6) is 5.75 Å². The summed E-state index contributed by atoms with van der Waals surface area (Å²) in [7, 11) is 1.52. The number of anilines is 1. The van der Waals surface area contributed by atoms with Crippen molar-refractivity contribution in [2.24, 2.45) is 0 Å². The summed E-state index contributed by atoms with van der Waals surface area (Å²) in [5.74, 6) is -2.02. The Labute approximate surface area is 274 Å². The minimum atomic E-state index is -1.25. The summed E-state index contributed by atoms with van der Waals surface area (Å²) >= 11 is 6.94. The second-order valence-electron chi connectivity index (χ2n) is 10.0. The lowest BCUT2D eigenvalue weighted by molar-refractivity contribution is -0.213. The topological polar surface area (TPSA) is 163 Å². The first-order valence-electron chi connectivity index (χ1n) is 13.9. The SMILES string of the molecule is COc1ccc(-c2c(C#N)c(S[C@@H]3OC[C@@H](OC(C)=O)[C@H](OC(C)=O)[C@H]3OC(C)=O)nc(C)c2C(=O)Nc2ccc(Cl)cc2)cc1. The Morgan fingerprint density at radius 1 is 0.957 bits per heavy atom. The van der Waals surface area contributed by atoms with Crippen molar-refractivity contribution in [2.75, 3.05) is 19.0 Å². The Balaban J connectivity index is 1.83. The molecule has 1 fully saturated rings. The van der Waals surface area contributed by atoms with Gasteiger partial charge in [0.05, 0.1) is 30.5 Å². The van der Waals surface area contributed by atoms with Crippen molar-refractivity contribution in [3.05, 3.63) is 70.4 Å². The molecule has 0 spiro atoms. The Morgan fingerprint density at radius 3 is 2.13 bits per heavy atom. The fraction of sp³-hybridized carbons (Fsp3) is 0.312. The molecule has 1 aromatic heterocycles. The third kappa shape index (κ3) is 8.14. The highest BCUT2D eigenvalue weighted by molar-refractivity contribution is 7.99. The van der Waals surface area contributed by atoms with Crippen LogP contribution in [-0.4, -0.2) is 66.3 Å². The van der Waals surface area contributed by atoms with Crippen LogP contribution in [0.2, 0.25) is 5.02 Å². The number of carbonyl (C=O) groups excluding carboxylic acids is 4. The van der Waals surface area contributed by atoms with E-state index in [-0.39, 0.29) is 28.5 Å². The number of pyridine rings is 1. The van der Waals surface area contributed by atoms with Crippen LogP contribution in [0.25, 0.3) is 11.1 Å². The van der Waals surface area contributed by atoms with E-state index in [2.05, 4.69) is 16.4 Å². The maximum absolute atomic E-state index is 13.8. The van der Waals surface area contributed by atoms with Gasteiger partial charge in [0.15, 0.2) is 18.3 Å². The number of carbonyl (C=O) groups is 4. The molecule has 0 aliphatic carbocycles. The van der Waals surface area contributed by atoms with Crippen LogP contribution >= 0.6 is 23.4 Å². The zero-order valence-corrected chi connectivity index (χ0v) is 27.1. The highest BCUT2D eigenvalue weighted by atomic mass is 35.5. The molecule has 0 radical (unpaired) electrons. The van der Waals surface area contributed by atoms with E-state index >= 15 is 0 Å². The number of esters is 3. The largest absolute Gasteiger partial charge is 0.497 e. The average molecular weight is 668 g/mol. The van der Waals surface area contributed by atoms with Gasteiger partial charge in [-0.1, -0.05) is 35.5 Å². The van der Waals surface area contributed by atoms with E-state index in [1.165, 1.54) is 27.9 Å². The average Bonchev–Trinajstić information content (AvgIpc) is 3.00. The lowest BCUT2D eigenvalue weighted by Gasteiger charge is -2.40. The summed E-state index contributed by atoms with van der Waals surface area (Å²) in [6.07, 6.45) is -3.54. The van der Waals surface area contributed by atoms with Gasteiger partial charge in [0.25, 0.3) is 5.91 Å². The van der Waals surface area contributed by atoms with Gasteiger partial charge in [0, 0.05) is 37.0 Å². The monoisotopic (exact) mass is 667 g/mol. The van der Waals surface area contributed by atoms with E-state index in [0.29, 0.717) is 27.6 Å². The van der Waals surface area contributed by atoms with Crippen LogP contribution in [-0.2, 0) is 33.3 Å². The normalized spacial score (nSPS) is 18.9. The predicted molar refractivity (Wildman–Crippen MR) is 167 cm³/mol. The Morgan fingerprint density at radius 2 is 1.57 bits per heavy atom. The number of rotatable bonds is 9. The zero-order chi connectivity index (χ0) is 33.5. The first-order valence-corrected chi connectivity index (χ1v) is 15.1. The fourth-order valence-corrected chi connectivity index (χ4v) is 6.13. The van der Waals surface area contributed by atoms with Crippen molar-refractivity contribution in [2.45, 2.75) is 56.5 Å². The molecule has 1 aliphatic rings. The van der Waals surface area contributed by atoms with Crippen LogP contribution < -0.4 is 10.1 Å². The van der Waals surface area contributed by atoms with E-state index < -0.39 is 47.6 Å². The Kier molecular flexibility index (Phi) is 11.2. The van der Waals surface area contributed by atoms with Gasteiger partial charge < -0.3 is 29.0 Å². The molecule has 240 valence electrons. The van der Waals surface area contributed by atoms with E-state index in [9.17, 15) is 24.4 Å². The Bertz CT molecular complexity index is 1680. The predicted octanol–water partition coefficient (Wildman–Crippen LogP) is 5.09. The van der Waals surface area contributed by atoms with E-state index in [0.717, 1.165) is 11.8 Å². The smallest absolute Gasteiger partial charge is 0.303 e. The third-order valence-corrected chi connectivity index (χ3v) is 8.10. The molecule has 2 aromatic carbocycles. The second-order valence-corrected chi connectivity index (χ2v) is 11.6. The molecule has 4 atom stereocenters. The minimum Gasteiger partial charge on any atom is -0.497 e. The number of hydrogen-bond acceptors (Lipinski definition) is 12. The van der Waals surface area contributed by atoms with Gasteiger partial charge in [-0.05, 0) is 48.9 Å². The van der Waals surface area contributed by atoms with Crippen LogP contribution in [0, 0.1) is 18.3 Å². The molecule has 1 saturated heterocycles. The molecule has 1 N–H and O–H groups in total. The summed E-state index contributed by atoms with van der Waals surface area (Å²) in [4.78, 5) is 54.3. The molecule has 12 nitrogen and oxygen atoms in total. The fourth-order valence-electron chi connectivity index (χ4n) is 4.84. The molecule has 2 heterocycles. The summed E-state index contributed by atoms with van der Waals surface area (Å²) in [5, 5.41) is 14.0. The number of ether oxygens (including phenoxy) is 5. The summed E-state index contributed by atoms with van der Waals surface area (Å²) in [5.41, 5.74) is 0.711. The number of nitrogens with one attached hydrogen (secondary N) is 1. The number of thioether (sulfide) groups is 1. The number of aromatic nitrogens is 1. The van der Waals surface area contributed by atoms with Crippen molar-refractivity contribution >= 4 is 52.9 Å². The van der Waals surface area contributed by atoms with Gasteiger partial charge in [0.2, 0.25) is 0 Å². The van der Waals surface area contributed by atoms with Crippen molar-refractivity contribution in [3.8, 4) is 22.9 Å². The lowest BCUT2D eigenvalue weighted by atomic mass is 9.94. The van der Waals surface area contributed by atoms with Crippen molar-refractivity contribution < 1.29 is 42.9 Å². The summed E-state index contributed by atoms with van der Waals surface area (Å²) in [6, 6.07) is 15.5. The number of hydrogen-bond donors (Lipinski definition) is 1. The van der Waals surface area contributed by atoms with Gasteiger partial charge in [-0.2, -0.15) is 5.26 Å². The Hall–Kier alpha value is -4.64. The van der Waals surface area contributed by atoms with Crippen LogP contribution in [0.4, 0.5) is 5.69 Å². The number of nitrogens with zero attached hydrogens (tertiary/aromatic N) is 2. The van der Waals surface area contributed by atoms with Crippen molar-refractivity contribution in [1.82, 2.24) is 4.98 Å². The van der Waals surface area contributed by atoms with Gasteiger partial charge >= 0.3 is 17.9 Å². The molecule has 0 saturated carbocycles. The van der Waals surface area contributed by atoms with Gasteiger partial charge in [-0.15, -0.1) is 0 Å². The standard InChI is InChI=1S/C32H30ClN3O9S/c1-16-26(30(40)36-22-10-8-21(33)9-11-22)27(20-6-12-23(41-5)13-7-20)24(14-34)31(35-16)46-32-29(45-19(4)39)28(44-18(3)38)25(15-42-32)43-17(2)37/h6-13,25,28-29,32H,15H2,1-5H3,(H,36,40)/t25-,28+,29-,32+/m1/s1. The molecule has 4 rings (SSSR count). The maximum Gasteiger partial charge on any atom is 0.303 e. The van der Waals surface area contributed by atoms with Crippen LogP contribution in [0.15, 0.2) is 53.6 Å². The number of amides is 1. The molecule has 3 aromatic rings. The van der Waals surface area contributed by atoms with E-state index in [1.807, 2.05) is 0 Å². The van der Waals surface area contributed by atoms with Gasteiger partial charge in [0.1, 0.15) is 22.3 Å². The first kappa shape index (κ1) is 34.2. The molecule has 1 amide bonds. The molecule has 1 aliphatic heterocycles. The summed E-state index contributed by atoms with van der Waals surface area (Å²) < 4.78 is 27.5. The zero-order valence-electron chi connectivity index (χ0n) is 25.5.